The molecule has 1 atom stereocenters. The van der Waals surface area contributed by atoms with Crippen LogP contribution in [0.3, 0.4) is 0 Å². The maximum atomic E-state index is 9.04. The number of thiazole rings is 1. The molecule has 1 aromatic carbocycles. The fourth-order valence-corrected chi connectivity index (χ4v) is 2.00. The van der Waals surface area contributed by atoms with Crippen molar-refractivity contribution >= 4 is 28.6 Å². The Labute approximate surface area is 102 Å². The number of anilines is 1. The van der Waals surface area contributed by atoms with Crippen molar-refractivity contribution in [1.82, 2.24) is 4.98 Å². The van der Waals surface area contributed by atoms with Gasteiger partial charge >= 0.3 is 0 Å². The predicted octanol–water partition coefficient (Wildman–Crippen LogP) is 3.47. The number of hydrogen-bond donors (Lipinski definition) is 1. The van der Waals surface area contributed by atoms with Gasteiger partial charge in [-0.2, -0.15) is 5.26 Å². The van der Waals surface area contributed by atoms with Crippen LogP contribution in [-0.2, 0) is 0 Å². The van der Waals surface area contributed by atoms with Gasteiger partial charge in [-0.3, -0.25) is 0 Å². The highest BCUT2D eigenvalue weighted by molar-refractivity contribution is 7.09. The quantitative estimate of drug-likeness (QED) is 0.906. The Balaban J connectivity index is 2.14. The number of nitrogens with zero attached hydrogens (tertiary/aromatic N) is 2. The fourth-order valence-electron chi connectivity index (χ4n) is 1.24. The van der Waals surface area contributed by atoms with E-state index in [9.17, 15) is 0 Å². The van der Waals surface area contributed by atoms with Crippen molar-refractivity contribution in [2.45, 2.75) is 6.04 Å². The van der Waals surface area contributed by atoms with E-state index in [0.29, 0.717) is 5.02 Å². The Morgan fingerprint density at radius 2 is 2.12 bits per heavy atom. The Hall–Kier alpha value is -1.57. The molecule has 5 heteroatoms. The van der Waals surface area contributed by atoms with Gasteiger partial charge in [-0.1, -0.05) is 11.6 Å². The molecular formula is C11H8ClN3S. The van der Waals surface area contributed by atoms with Gasteiger partial charge < -0.3 is 5.32 Å². The number of aromatic nitrogens is 1. The summed E-state index contributed by atoms with van der Waals surface area (Å²) in [6.07, 6.45) is 1.69. The topological polar surface area (TPSA) is 48.7 Å². The van der Waals surface area contributed by atoms with E-state index in [4.69, 9.17) is 16.9 Å². The van der Waals surface area contributed by atoms with Gasteiger partial charge in [0.2, 0.25) is 0 Å². The molecule has 0 saturated heterocycles. The van der Waals surface area contributed by atoms with Gasteiger partial charge in [0.1, 0.15) is 5.01 Å². The van der Waals surface area contributed by atoms with E-state index in [1.54, 1.807) is 18.3 Å². The molecule has 0 fully saturated rings. The molecule has 1 aromatic heterocycles. The summed E-state index contributed by atoms with van der Waals surface area (Å²) < 4.78 is 0. The van der Waals surface area contributed by atoms with Crippen LogP contribution in [-0.4, -0.2) is 4.98 Å². The number of nitriles is 1. The molecule has 80 valence electrons. The van der Waals surface area contributed by atoms with E-state index in [1.807, 2.05) is 17.5 Å². The van der Waals surface area contributed by atoms with Gasteiger partial charge in [-0.15, -0.1) is 11.3 Å². The monoisotopic (exact) mass is 249 g/mol. The van der Waals surface area contributed by atoms with Crippen molar-refractivity contribution in [2.75, 3.05) is 5.32 Å². The number of rotatable bonds is 3. The van der Waals surface area contributed by atoms with Crippen LogP contribution < -0.4 is 5.32 Å². The highest BCUT2D eigenvalue weighted by Crippen LogP contribution is 2.21. The first-order valence-corrected chi connectivity index (χ1v) is 5.86. The van der Waals surface area contributed by atoms with Gasteiger partial charge in [0.25, 0.3) is 0 Å². The summed E-state index contributed by atoms with van der Waals surface area (Å²) in [5.74, 6) is 0. The number of hydrogen-bond acceptors (Lipinski definition) is 4. The van der Waals surface area contributed by atoms with Crippen LogP contribution in [0.2, 0.25) is 5.02 Å². The summed E-state index contributed by atoms with van der Waals surface area (Å²) >= 11 is 7.23. The van der Waals surface area contributed by atoms with Gasteiger partial charge in [0.15, 0.2) is 6.04 Å². The lowest BCUT2D eigenvalue weighted by Gasteiger charge is -2.10. The summed E-state index contributed by atoms with van der Waals surface area (Å²) in [6.45, 7) is 0. The van der Waals surface area contributed by atoms with E-state index >= 15 is 0 Å². The van der Waals surface area contributed by atoms with Crippen LogP contribution in [0.5, 0.6) is 0 Å². The third-order valence-corrected chi connectivity index (χ3v) is 3.08. The van der Waals surface area contributed by atoms with Crippen molar-refractivity contribution in [3.63, 3.8) is 0 Å². The SMILES string of the molecule is N#CC(Nc1ccc(Cl)cc1)c1nccs1. The maximum Gasteiger partial charge on any atom is 0.166 e. The summed E-state index contributed by atoms with van der Waals surface area (Å²) in [5.41, 5.74) is 0.853. The molecule has 1 N–H and O–H groups in total. The Morgan fingerprint density at radius 3 is 2.69 bits per heavy atom. The largest absolute Gasteiger partial charge is 0.364 e. The molecule has 3 nitrogen and oxygen atoms in total. The molecule has 0 radical (unpaired) electrons. The van der Waals surface area contributed by atoms with Gasteiger partial charge in [-0.25, -0.2) is 4.98 Å². The summed E-state index contributed by atoms with van der Waals surface area (Å²) in [4.78, 5) is 4.11. The third-order valence-electron chi connectivity index (χ3n) is 1.98. The lowest BCUT2D eigenvalue weighted by atomic mass is 10.2. The molecule has 0 spiro atoms. The van der Waals surface area contributed by atoms with Crippen molar-refractivity contribution in [3.8, 4) is 6.07 Å². The van der Waals surface area contributed by atoms with Crippen LogP contribution in [0.4, 0.5) is 5.69 Å². The lowest BCUT2D eigenvalue weighted by molar-refractivity contribution is 0.974. The number of nitrogens with one attached hydrogen (secondary N) is 1. The summed E-state index contributed by atoms with van der Waals surface area (Å²) in [5, 5.41) is 15.4. The minimum atomic E-state index is -0.416. The summed E-state index contributed by atoms with van der Waals surface area (Å²) in [7, 11) is 0. The first-order valence-electron chi connectivity index (χ1n) is 4.60. The smallest absolute Gasteiger partial charge is 0.166 e. The maximum absolute atomic E-state index is 9.04. The lowest BCUT2D eigenvalue weighted by Crippen LogP contribution is -2.07. The minimum absolute atomic E-state index is 0.416. The molecule has 1 unspecified atom stereocenters. The molecule has 0 saturated carbocycles. The number of benzene rings is 1. The highest BCUT2D eigenvalue weighted by atomic mass is 35.5. The molecule has 0 bridgehead atoms. The highest BCUT2D eigenvalue weighted by Gasteiger charge is 2.12. The molecule has 16 heavy (non-hydrogen) atoms. The average molecular weight is 250 g/mol. The molecule has 0 aliphatic heterocycles. The fraction of sp³-hybridized carbons (Fsp3) is 0.0909. The van der Waals surface area contributed by atoms with Crippen molar-refractivity contribution in [3.05, 3.63) is 45.9 Å². The van der Waals surface area contributed by atoms with Crippen LogP contribution in [0.25, 0.3) is 0 Å². The Morgan fingerprint density at radius 1 is 1.38 bits per heavy atom. The molecule has 0 aliphatic carbocycles. The van der Waals surface area contributed by atoms with Gasteiger partial charge in [0.05, 0.1) is 6.07 Å². The first kappa shape index (κ1) is 10.9. The van der Waals surface area contributed by atoms with E-state index in [1.165, 1.54) is 11.3 Å². The van der Waals surface area contributed by atoms with Crippen LogP contribution in [0.15, 0.2) is 35.8 Å². The van der Waals surface area contributed by atoms with Gasteiger partial charge in [-0.05, 0) is 24.3 Å². The normalized spacial score (nSPS) is 11.8. The second-order valence-corrected chi connectivity index (χ2v) is 4.45. The van der Waals surface area contributed by atoms with E-state index < -0.39 is 6.04 Å². The van der Waals surface area contributed by atoms with Crippen molar-refractivity contribution in [2.24, 2.45) is 0 Å². The molecule has 1 heterocycles. The molecule has 2 rings (SSSR count). The Bertz CT molecular complexity index is 487. The minimum Gasteiger partial charge on any atom is -0.364 e. The predicted molar refractivity (Wildman–Crippen MR) is 65.5 cm³/mol. The zero-order chi connectivity index (χ0) is 11.4. The zero-order valence-electron chi connectivity index (χ0n) is 8.22. The second-order valence-electron chi connectivity index (χ2n) is 3.08. The van der Waals surface area contributed by atoms with E-state index in [0.717, 1.165) is 10.7 Å². The zero-order valence-corrected chi connectivity index (χ0v) is 9.79. The molecular weight excluding hydrogens is 242 g/mol. The standard InChI is InChI=1S/C11H8ClN3S/c12-8-1-3-9(4-2-8)15-10(7-13)11-14-5-6-16-11/h1-6,10,15H. The van der Waals surface area contributed by atoms with Crippen LogP contribution >= 0.6 is 22.9 Å². The molecule has 0 aliphatic rings. The van der Waals surface area contributed by atoms with Gasteiger partial charge in [0, 0.05) is 22.3 Å². The van der Waals surface area contributed by atoms with Crippen LogP contribution in [0.1, 0.15) is 11.0 Å². The first-order chi connectivity index (χ1) is 7.79. The second kappa shape index (κ2) is 4.97. The van der Waals surface area contributed by atoms with Crippen LogP contribution in [0, 0.1) is 11.3 Å². The van der Waals surface area contributed by atoms with Crippen molar-refractivity contribution < 1.29 is 0 Å². The average Bonchev–Trinajstić information content (AvgIpc) is 2.82. The Kier molecular flexibility index (Phi) is 3.40. The molecule has 0 amide bonds. The van der Waals surface area contributed by atoms with Crippen molar-refractivity contribution in [1.29, 1.82) is 5.26 Å². The molecule has 2 aromatic rings. The third kappa shape index (κ3) is 2.51. The number of halogens is 1. The van der Waals surface area contributed by atoms with E-state index in [-0.39, 0.29) is 0 Å². The summed E-state index contributed by atoms with van der Waals surface area (Å²) in [6, 6.07) is 8.98. The van der Waals surface area contributed by atoms with E-state index in [2.05, 4.69) is 16.4 Å².